The first kappa shape index (κ1) is 54.4. The topological polar surface area (TPSA) is 31.5 Å². The highest BCUT2D eigenvalue weighted by molar-refractivity contribution is 6.96. The van der Waals surface area contributed by atoms with Crippen LogP contribution in [0.1, 0.15) is 0 Å². The average molecular weight is 1010 g/mol. The van der Waals surface area contributed by atoms with Crippen molar-refractivity contribution in [3.8, 4) is 0 Å². The maximum atomic E-state index is 14.3. The maximum Gasteiger partial charge on any atom is 0.249 e. The summed E-state index contributed by atoms with van der Waals surface area (Å²) in [7, 11) is 0. The van der Waals surface area contributed by atoms with Crippen molar-refractivity contribution in [3.63, 3.8) is 0 Å². The highest BCUT2D eigenvalue weighted by Crippen LogP contribution is 2.20. The molecule has 0 fully saturated rings. The van der Waals surface area contributed by atoms with E-state index in [0.717, 1.165) is 0 Å². The van der Waals surface area contributed by atoms with E-state index >= 15 is 0 Å². The minimum atomic E-state index is -2.16. The van der Waals surface area contributed by atoms with Crippen molar-refractivity contribution < 1.29 is 71.3 Å². The largest absolute Gasteiger partial charge is 0.412 e. The molecule has 0 bridgehead atoms. The molecule has 1 nitrogen and oxygen atoms in total. The molecule has 9 rings (SSSR count). The van der Waals surface area contributed by atoms with Crippen LogP contribution in [0.4, 0.5) is 65.9 Å². The summed E-state index contributed by atoms with van der Waals surface area (Å²) in [6.07, 6.45) is 0. The lowest BCUT2D eigenvalue weighted by atomic mass is 9.36. The Morgan fingerprint density at radius 3 is 0.397 bits per heavy atom. The Morgan fingerprint density at radius 1 is 0.164 bits per heavy atom. The van der Waals surface area contributed by atoms with Crippen molar-refractivity contribution in [1.29, 1.82) is 0 Å². The van der Waals surface area contributed by atoms with Crippen LogP contribution in [0.2, 0.25) is 0 Å². The van der Waals surface area contributed by atoms with E-state index in [-0.39, 0.29) is 5.48 Å². The molecule has 368 valence electrons. The molecule has 0 aromatic heterocycles. The molecule has 0 unspecified atom stereocenters. The molecule has 0 saturated carbocycles. The Bertz CT molecular complexity index is 2750. The van der Waals surface area contributed by atoms with Gasteiger partial charge in [0.1, 0.15) is 0 Å². The molecule has 0 spiro atoms. The van der Waals surface area contributed by atoms with E-state index in [1.165, 1.54) is 0 Å². The van der Waals surface area contributed by atoms with Crippen LogP contribution >= 0.6 is 0 Å². The molecule has 0 radical (unpaired) electrons. The fourth-order valence-electron chi connectivity index (χ4n) is 8.08. The number of hydrogen-bond donors (Lipinski definition) is 0. The van der Waals surface area contributed by atoms with E-state index in [1.54, 1.807) is 182 Å². The molecule has 0 saturated heterocycles. The second kappa shape index (κ2) is 24.0. The number of halogens is 15. The molecule has 73 heavy (non-hydrogen) atoms. The summed E-state index contributed by atoms with van der Waals surface area (Å²) in [6.45, 7) is -3.34. The van der Waals surface area contributed by atoms with Gasteiger partial charge in [0.25, 0.3) is 0 Å². The third kappa shape index (κ3) is 11.3. The van der Waals surface area contributed by atoms with Gasteiger partial charge in [0.05, 0.1) is 0 Å². The molecular formula is C54H32B3F15O. The van der Waals surface area contributed by atoms with Gasteiger partial charge in [-0.1, -0.05) is 215 Å². The minimum Gasteiger partial charge on any atom is -0.412 e. The summed E-state index contributed by atoms with van der Waals surface area (Å²) >= 11 is 0. The number of benzene rings is 9. The first-order valence-electron chi connectivity index (χ1n) is 21.4. The van der Waals surface area contributed by atoms with E-state index in [1.807, 2.05) is 0 Å². The second-order valence-electron chi connectivity index (χ2n) is 15.7. The van der Waals surface area contributed by atoms with Gasteiger partial charge in [0.15, 0.2) is 87.3 Å². The highest BCUT2D eigenvalue weighted by atomic mass is 19.2. The average Bonchev–Trinajstić information content (AvgIpc) is 3.42. The van der Waals surface area contributed by atoms with Crippen molar-refractivity contribution in [3.05, 3.63) is 269 Å². The van der Waals surface area contributed by atoms with Gasteiger partial charge in [0, 0.05) is 16.4 Å². The molecule has 2 N–H and O–H groups in total. The number of rotatable bonds is 9. The van der Waals surface area contributed by atoms with Gasteiger partial charge in [-0.05, 0) is 0 Å². The van der Waals surface area contributed by atoms with Crippen LogP contribution in [-0.4, -0.2) is 25.6 Å². The van der Waals surface area contributed by atoms with E-state index in [9.17, 15) is 65.9 Å². The van der Waals surface area contributed by atoms with E-state index < -0.39 is 124 Å². The van der Waals surface area contributed by atoms with Crippen molar-refractivity contribution in [1.82, 2.24) is 0 Å². The van der Waals surface area contributed by atoms with Gasteiger partial charge in [-0.15, -0.1) is 0 Å². The Labute approximate surface area is 408 Å². The standard InChI is InChI=1S/3C18H10BF5.H2O/c3*20-14-13(15(21)17(23)18(24)16(14)22)19(11-7-3-1-4-8-11)12-9-5-2-6-10-12;/h3*1-10H;1H2. The third-order valence-electron chi connectivity index (χ3n) is 11.4. The molecule has 0 aliphatic rings. The smallest absolute Gasteiger partial charge is 0.249 e. The summed E-state index contributed by atoms with van der Waals surface area (Å²) < 4.78 is 208. The fourth-order valence-corrected chi connectivity index (χ4v) is 8.08. The van der Waals surface area contributed by atoms with E-state index in [4.69, 9.17) is 0 Å². The van der Waals surface area contributed by atoms with Crippen LogP contribution in [0.3, 0.4) is 0 Å². The minimum absolute atomic E-state index is 0. The first-order valence-corrected chi connectivity index (χ1v) is 21.4. The summed E-state index contributed by atoms with van der Waals surface area (Å²) in [5, 5.41) is 0. The fraction of sp³-hybridized carbons (Fsp3) is 0. The third-order valence-corrected chi connectivity index (χ3v) is 11.4. The maximum absolute atomic E-state index is 14.3. The molecular weight excluding hydrogens is 982 g/mol. The monoisotopic (exact) mass is 1010 g/mol. The van der Waals surface area contributed by atoms with Gasteiger partial charge in [-0.25, -0.2) is 65.9 Å². The lowest BCUT2D eigenvalue weighted by molar-refractivity contribution is 0.384. The Hall–Kier alpha value is -7.92. The van der Waals surface area contributed by atoms with Gasteiger partial charge in [-0.2, -0.15) is 0 Å². The molecule has 0 aliphatic carbocycles. The van der Waals surface area contributed by atoms with Crippen molar-refractivity contribution in [2.24, 2.45) is 0 Å². The molecule has 0 aliphatic heterocycles. The molecule has 0 heterocycles. The Morgan fingerprint density at radius 2 is 0.274 bits per heavy atom. The zero-order valence-electron chi connectivity index (χ0n) is 37.2. The normalized spacial score (nSPS) is 10.6. The molecule has 19 heteroatoms. The van der Waals surface area contributed by atoms with Crippen LogP contribution in [0.5, 0.6) is 0 Å². The van der Waals surface area contributed by atoms with E-state index in [0.29, 0.717) is 32.8 Å². The van der Waals surface area contributed by atoms with Crippen LogP contribution in [0, 0.1) is 87.3 Å². The van der Waals surface area contributed by atoms with Crippen LogP contribution < -0.4 is 49.2 Å². The van der Waals surface area contributed by atoms with Gasteiger partial charge in [0.2, 0.25) is 20.1 Å². The quantitative estimate of drug-likeness (QED) is 0.0611. The van der Waals surface area contributed by atoms with Crippen LogP contribution in [-0.2, 0) is 0 Å². The SMILES string of the molecule is Fc1c(F)c(F)c(B(c2ccccc2)c2ccccc2)c(F)c1F.Fc1c(F)c(F)c(B(c2ccccc2)c2ccccc2)c(F)c1F.Fc1c(F)c(F)c(B(c2ccccc2)c2ccccc2)c(F)c1F.O. The summed E-state index contributed by atoms with van der Waals surface area (Å²) in [6, 6.07) is 48.8. The predicted octanol–water partition coefficient (Wildman–Crippen LogP) is 7.87. The Kier molecular flexibility index (Phi) is 17.9. The van der Waals surface area contributed by atoms with Gasteiger partial charge in [-0.3, -0.25) is 0 Å². The number of hydrogen-bond acceptors (Lipinski definition) is 0. The lowest BCUT2D eigenvalue weighted by Crippen LogP contribution is -2.55. The van der Waals surface area contributed by atoms with Gasteiger partial charge >= 0.3 is 0 Å². The van der Waals surface area contributed by atoms with Gasteiger partial charge < -0.3 is 5.48 Å². The molecule has 0 amide bonds. The zero-order valence-corrected chi connectivity index (χ0v) is 37.2. The predicted molar refractivity (Wildman–Crippen MR) is 255 cm³/mol. The zero-order chi connectivity index (χ0) is 51.8. The molecule has 9 aromatic rings. The molecule has 0 atom stereocenters. The van der Waals surface area contributed by atoms with E-state index in [2.05, 4.69) is 0 Å². The highest BCUT2D eigenvalue weighted by Gasteiger charge is 2.37. The summed E-state index contributed by atoms with van der Waals surface area (Å²) in [5.41, 5.74) is -0.0344. The first-order chi connectivity index (χ1) is 34.6. The summed E-state index contributed by atoms with van der Waals surface area (Å²) in [5.74, 6) is -29.0. The van der Waals surface area contributed by atoms with Crippen LogP contribution in [0.15, 0.2) is 182 Å². The molecule has 9 aromatic carbocycles. The van der Waals surface area contributed by atoms with Crippen molar-refractivity contribution >= 4 is 69.3 Å². The summed E-state index contributed by atoms with van der Waals surface area (Å²) in [4.78, 5) is 0. The Balaban J connectivity index is 0.000000177. The van der Waals surface area contributed by atoms with Crippen molar-refractivity contribution in [2.45, 2.75) is 0 Å². The second-order valence-corrected chi connectivity index (χ2v) is 15.7. The van der Waals surface area contributed by atoms with Crippen molar-refractivity contribution in [2.75, 3.05) is 0 Å². The van der Waals surface area contributed by atoms with Crippen LogP contribution in [0.25, 0.3) is 0 Å². The lowest BCUT2D eigenvalue weighted by Gasteiger charge is -2.18.